The lowest BCUT2D eigenvalue weighted by Gasteiger charge is -2.17. The van der Waals surface area contributed by atoms with Gasteiger partial charge in [-0.2, -0.15) is 4.31 Å². The molecule has 2 rings (SSSR count). The Kier molecular flexibility index (Phi) is 4.29. The van der Waals surface area contributed by atoms with Gasteiger partial charge in [0, 0.05) is 19.3 Å². The summed E-state index contributed by atoms with van der Waals surface area (Å²) in [5.41, 5.74) is 7.22. The Bertz CT molecular complexity index is 683. The number of nitrogens with two attached hydrogens (primary N) is 1. The van der Waals surface area contributed by atoms with Gasteiger partial charge in [0.2, 0.25) is 0 Å². The molecule has 1 aromatic heterocycles. The van der Waals surface area contributed by atoms with Crippen LogP contribution in [-0.2, 0) is 16.6 Å². The Morgan fingerprint density at radius 3 is 2.53 bits per heavy atom. The minimum atomic E-state index is -3.47. The number of sulfonamides is 1. The van der Waals surface area contributed by atoms with Crippen molar-refractivity contribution in [2.24, 2.45) is 0 Å². The summed E-state index contributed by atoms with van der Waals surface area (Å²) in [7, 11) is -1.92. The zero-order chi connectivity index (χ0) is 14.0. The van der Waals surface area contributed by atoms with Crippen molar-refractivity contribution in [2.45, 2.75) is 10.8 Å². The molecule has 0 unspecified atom stereocenters. The van der Waals surface area contributed by atoms with Gasteiger partial charge in [-0.05, 0) is 39.7 Å². The first kappa shape index (κ1) is 14.5. The van der Waals surface area contributed by atoms with Crippen molar-refractivity contribution in [2.75, 3.05) is 12.8 Å². The van der Waals surface area contributed by atoms with E-state index in [9.17, 15) is 8.42 Å². The first-order chi connectivity index (χ1) is 8.91. The molecule has 2 aromatic rings. The molecule has 1 aromatic carbocycles. The third kappa shape index (κ3) is 3.17. The zero-order valence-electron chi connectivity index (χ0n) is 10.2. The molecule has 0 amide bonds. The summed E-state index contributed by atoms with van der Waals surface area (Å²) in [6, 6.07) is 10.6. The third-order valence-corrected chi connectivity index (χ3v) is 6.56. The Morgan fingerprint density at radius 1 is 1.26 bits per heavy atom. The highest BCUT2D eigenvalue weighted by molar-refractivity contribution is 9.11. The Hall–Kier alpha value is -0.890. The lowest BCUT2D eigenvalue weighted by Crippen LogP contribution is -2.26. The van der Waals surface area contributed by atoms with Crippen LogP contribution in [0.25, 0.3) is 0 Å². The van der Waals surface area contributed by atoms with E-state index in [0.717, 1.165) is 9.35 Å². The molecule has 0 aliphatic carbocycles. The van der Waals surface area contributed by atoms with Crippen LogP contribution < -0.4 is 5.73 Å². The highest BCUT2D eigenvalue weighted by atomic mass is 79.9. The van der Waals surface area contributed by atoms with E-state index in [0.29, 0.717) is 9.90 Å². The van der Waals surface area contributed by atoms with Crippen molar-refractivity contribution >= 4 is 43.0 Å². The van der Waals surface area contributed by atoms with E-state index in [4.69, 9.17) is 5.73 Å². The van der Waals surface area contributed by atoms with Crippen LogP contribution in [0.3, 0.4) is 0 Å². The topological polar surface area (TPSA) is 63.4 Å². The fourth-order valence-corrected chi connectivity index (χ4v) is 4.96. The number of anilines is 1. The second-order valence-corrected chi connectivity index (χ2v) is 8.75. The summed E-state index contributed by atoms with van der Waals surface area (Å²) >= 11 is 4.46. The average molecular weight is 361 g/mol. The molecule has 0 saturated heterocycles. The highest BCUT2D eigenvalue weighted by Crippen LogP contribution is 2.28. The van der Waals surface area contributed by atoms with E-state index in [1.807, 2.05) is 18.2 Å². The molecule has 2 N–H and O–H groups in total. The lowest BCUT2D eigenvalue weighted by molar-refractivity contribution is 0.469. The van der Waals surface area contributed by atoms with E-state index in [1.165, 1.54) is 15.6 Å². The molecule has 0 bridgehead atoms. The maximum atomic E-state index is 12.3. The van der Waals surface area contributed by atoms with Crippen LogP contribution in [0, 0.1) is 0 Å². The maximum absolute atomic E-state index is 12.3. The summed E-state index contributed by atoms with van der Waals surface area (Å²) in [5.74, 6) is 0. The van der Waals surface area contributed by atoms with Crippen LogP contribution in [0.1, 0.15) is 5.56 Å². The van der Waals surface area contributed by atoms with Crippen LogP contribution in [0.4, 0.5) is 5.69 Å². The number of rotatable bonds is 4. The molecule has 0 fully saturated rings. The van der Waals surface area contributed by atoms with Gasteiger partial charge in [0.15, 0.2) is 0 Å². The third-order valence-electron chi connectivity index (χ3n) is 2.66. The van der Waals surface area contributed by atoms with Gasteiger partial charge in [-0.3, -0.25) is 0 Å². The van der Waals surface area contributed by atoms with E-state index in [2.05, 4.69) is 15.9 Å². The maximum Gasteiger partial charge on any atom is 0.252 e. The smallest absolute Gasteiger partial charge is 0.252 e. The SMILES string of the molecule is CN(Cc1ccccc1N)S(=O)(=O)c1ccc(Br)s1. The van der Waals surface area contributed by atoms with Crippen LogP contribution >= 0.6 is 27.3 Å². The van der Waals surface area contributed by atoms with Crippen LogP contribution in [0.5, 0.6) is 0 Å². The predicted octanol–water partition coefficient (Wildman–Crippen LogP) is 2.91. The number of nitrogen functional groups attached to an aromatic ring is 1. The van der Waals surface area contributed by atoms with Crippen LogP contribution in [-0.4, -0.2) is 19.8 Å². The van der Waals surface area contributed by atoms with Crippen molar-refractivity contribution in [1.29, 1.82) is 0 Å². The molecule has 0 atom stereocenters. The second kappa shape index (κ2) is 5.62. The predicted molar refractivity (Wildman–Crippen MR) is 81.5 cm³/mol. The van der Waals surface area contributed by atoms with E-state index in [-0.39, 0.29) is 6.54 Å². The summed E-state index contributed by atoms with van der Waals surface area (Å²) in [6.45, 7) is 0.254. The first-order valence-corrected chi connectivity index (χ1v) is 8.51. The molecular formula is C12H13BrN2O2S2. The van der Waals surface area contributed by atoms with Gasteiger partial charge in [0.25, 0.3) is 10.0 Å². The fraction of sp³-hybridized carbons (Fsp3) is 0.167. The highest BCUT2D eigenvalue weighted by Gasteiger charge is 2.23. The quantitative estimate of drug-likeness (QED) is 0.852. The molecule has 7 heteroatoms. The molecule has 19 heavy (non-hydrogen) atoms. The van der Waals surface area contributed by atoms with Gasteiger partial charge in [0.1, 0.15) is 4.21 Å². The van der Waals surface area contributed by atoms with Gasteiger partial charge in [-0.15, -0.1) is 11.3 Å². The van der Waals surface area contributed by atoms with Crippen LogP contribution in [0.15, 0.2) is 44.4 Å². The molecule has 4 nitrogen and oxygen atoms in total. The number of hydrogen-bond acceptors (Lipinski definition) is 4. The van der Waals surface area contributed by atoms with Gasteiger partial charge < -0.3 is 5.73 Å². The van der Waals surface area contributed by atoms with Gasteiger partial charge >= 0.3 is 0 Å². The molecule has 1 heterocycles. The van der Waals surface area contributed by atoms with Crippen molar-refractivity contribution in [3.8, 4) is 0 Å². The van der Waals surface area contributed by atoms with E-state index in [1.54, 1.807) is 25.2 Å². The molecule has 0 spiro atoms. The van der Waals surface area contributed by atoms with Crippen LogP contribution in [0.2, 0.25) is 0 Å². The van der Waals surface area contributed by atoms with Gasteiger partial charge in [-0.1, -0.05) is 18.2 Å². The molecule has 0 aliphatic rings. The number of halogens is 1. The fourth-order valence-electron chi connectivity index (χ4n) is 1.59. The number of para-hydroxylation sites is 1. The zero-order valence-corrected chi connectivity index (χ0v) is 13.4. The summed E-state index contributed by atoms with van der Waals surface area (Å²) in [6.07, 6.45) is 0. The minimum absolute atomic E-state index is 0.254. The average Bonchev–Trinajstić information content (AvgIpc) is 2.79. The second-order valence-electron chi connectivity index (χ2n) is 4.02. The number of hydrogen-bond donors (Lipinski definition) is 1. The van der Waals surface area contributed by atoms with Gasteiger partial charge in [0.05, 0.1) is 3.79 Å². The minimum Gasteiger partial charge on any atom is -0.398 e. The van der Waals surface area contributed by atoms with Gasteiger partial charge in [-0.25, -0.2) is 8.42 Å². The monoisotopic (exact) mass is 360 g/mol. The van der Waals surface area contributed by atoms with E-state index >= 15 is 0 Å². The lowest BCUT2D eigenvalue weighted by atomic mass is 10.2. The van der Waals surface area contributed by atoms with Crippen molar-refractivity contribution in [3.05, 3.63) is 45.7 Å². The van der Waals surface area contributed by atoms with Crippen molar-refractivity contribution in [3.63, 3.8) is 0 Å². The Labute approximate surface area is 125 Å². The van der Waals surface area contributed by atoms with Crippen molar-refractivity contribution < 1.29 is 8.42 Å². The molecule has 0 saturated carbocycles. The largest absolute Gasteiger partial charge is 0.398 e. The summed E-state index contributed by atoms with van der Waals surface area (Å²) in [5, 5.41) is 0. The standard InChI is InChI=1S/C12H13BrN2O2S2/c1-15(8-9-4-2-3-5-10(9)14)19(16,17)12-7-6-11(13)18-12/h2-7H,8,14H2,1H3. The first-order valence-electron chi connectivity index (χ1n) is 5.46. The molecule has 0 radical (unpaired) electrons. The van der Waals surface area contributed by atoms with Crippen molar-refractivity contribution in [1.82, 2.24) is 4.31 Å². The number of nitrogens with zero attached hydrogens (tertiary/aromatic N) is 1. The Morgan fingerprint density at radius 2 is 1.95 bits per heavy atom. The summed E-state index contributed by atoms with van der Waals surface area (Å²) in [4.78, 5) is 0. The number of thiophene rings is 1. The molecule has 0 aliphatic heterocycles. The summed E-state index contributed by atoms with van der Waals surface area (Å²) < 4.78 is 27.1. The normalized spacial score (nSPS) is 11.9. The Balaban J connectivity index is 2.25. The molecule has 102 valence electrons. The number of benzene rings is 1. The van der Waals surface area contributed by atoms with E-state index < -0.39 is 10.0 Å². The molecular weight excluding hydrogens is 348 g/mol.